The SMILES string of the molecule is CC(C)CCC(=O)O.CC(C)CCOC=O. The number of carboxylic acids is 1. The Morgan fingerprint density at radius 1 is 1.19 bits per heavy atom. The molecular formula is C12H24O4. The maximum absolute atomic E-state index is 9.90. The van der Waals surface area contributed by atoms with Gasteiger partial charge in [0.15, 0.2) is 0 Å². The number of rotatable bonds is 7. The molecule has 0 atom stereocenters. The average Bonchev–Trinajstić information content (AvgIpc) is 2.16. The van der Waals surface area contributed by atoms with Gasteiger partial charge in [-0.1, -0.05) is 27.7 Å². The predicted molar refractivity (Wildman–Crippen MR) is 63.2 cm³/mol. The van der Waals surface area contributed by atoms with E-state index < -0.39 is 5.97 Å². The lowest BCUT2D eigenvalue weighted by molar-refractivity contribution is -0.137. The van der Waals surface area contributed by atoms with E-state index in [1.54, 1.807) is 0 Å². The molecule has 0 saturated carbocycles. The van der Waals surface area contributed by atoms with Crippen molar-refractivity contribution in [1.82, 2.24) is 0 Å². The van der Waals surface area contributed by atoms with Gasteiger partial charge in [-0.05, 0) is 24.7 Å². The summed E-state index contributed by atoms with van der Waals surface area (Å²) in [6.07, 6.45) is 2.05. The van der Waals surface area contributed by atoms with Crippen molar-refractivity contribution < 1.29 is 19.4 Å². The molecule has 0 aromatic carbocycles. The topological polar surface area (TPSA) is 63.6 Å². The molecule has 0 rings (SSSR count). The zero-order chi connectivity index (χ0) is 13.0. The summed E-state index contributed by atoms with van der Waals surface area (Å²) in [6.45, 7) is 9.26. The highest BCUT2D eigenvalue weighted by molar-refractivity contribution is 5.66. The second-order valence-corrected chi connectivity index (χ2v) is 4.48. The van der Waals surface area contributed by atoms with Gasteiger partial charge in [0.2, 0.25) is 0 Å². The molecule has 0 aromatic heterocycles. The zero-order valence-corrected chi connectivity index (χ0v) is 10.7. The van der Waals surface area contributed by atoms with Crippen molar-refractivity contribution in [2.75, 3.05) is 6.61 Å². The number of ether oxygens (including phenoxy) is 1. The summed E-state index contributed by atoms with van der Waals surface area (Å²) in [6, 6.07) is 0. The van der Waals surface area contributed by atoms with Crippen molar-refractivity contribution in [1.29, 1.82) is 0 Å². The summed E-state index contributed by atoms with van der Waals surface area (Å²) >= 11 is 0. The summed E-state index contributed by atoms with van der Waals surface area (Å²) in [4.78, 5) is 19.5. The third-order valence-corrected chi connectivity index (χ3v) is 1.82. The molecule has 4 nitrogen and oxygen atoms in total. The molecule has 0 radical (unpaired) electrons. The lowest BCUT2D eigenvalue weighted by Gasteiger charge is -2.00. The molecule has 0 amide bonds. The average molecular weight is 232 g/mol. The molecule has 0 fully saturated rings. The minimum atomic E-state index is -0.696. The summed E-state index contributed by atoms with van der Waals surface area (Å²) in [7, 11) is 0. The molecule has 0 bridgehead atoms. The lowest BCUT2D eigenvalue weighted by atomic mass is 10.1. The molecule has 0 aliphatic heterocycles. The maximum atomic E-state index is 9.90. The smallest absolute Gasteiger partial charge is 0.303 e. The molecule has 0 heterocycles. The molecule has 16 heavy (non-hydrogen) atoms. The molecule has 0 aromatic rings. The van der Waals surface area contributed by atoms with Crippen molar-refractivity contribution in [3.8, 4) is 0 Å². The second kappa shape index (κ2) is 12.0. The monoisotopic (exact) mass is 232 g/mol. The maximum Gasteiger partial charge on any atom is 0.303 e. The number of carbonyl (C=O) groups excluding carboxylic acids is 1. The van der Waals surface area contributed by atoms with E-state index in [0.29, 0.717) is 31.3 Å². The van der Waals surface area contributed by atoms with Gasteiger partial charge in [0.25, 0.3) is 6.47 Å². The van der Waals surface area contributed by atoms with Crippen LogP contribution in [0.4, 0.5) is 0 Å². The predicted octanol–water partition coefficient (Wildman–Crippen LogP) is 2.71. The van der Waals surface area contributed by atoms with Gasteiger partial charge in [-0.3, -0.25) is 9.59 Å². The number of hydrogen-bond donors (Lipinski definition) is 1. The van der Waals surface area contributed by atoms with Gasteiger partial charge >= 0.3 is 5.97 Å². The first-order valence-corrected chi connectivity index (χ1v) is 5.67. The highest BCUT2D eigenvalue weighted by Crippen LogP contribution is 2.01. The van der Waals surface area contributed by atoms with E-state index in [4.69, 9.17) is 5.11 Å². The van der Waals surface area contributed by atoms with Gasteiger partial charge in [0.1, 0.15) is 0 Å². The van der Waals surface area contributed by atoms with Crippen LogP contribution in [0.5, 0.6) is 0 Å². The molecule has 0 spiro atoms. The first kappa shape index (κ1) is 17.3. The van der Waals surface area contributed by atoms with E-state index >= 15 is 0 Å². The van der Waals surface area contributed by atoms with Gasteiger partial charge in [-0.25, -0.2) is 0 Å². The fraction of sp³-hybridized carbons (Fsp3) is 0.833. The van der Waals surface area contributed by atoms with Gasteiger partial charge < -0.3 is 9.84 Å². The third kappa shape index (κ3) is 23.1. The van der Waals surface area contributed by atoms with E-state index in [0.717, 1.165) is 12.8 Å². The quantitative estimate of drug-likeness (QED) is 0.541. The van der Waals surface area contributed by atoms with Crippen LogP contribution in [0.1, 0.15) is 47.0 Å². The van der Waals surface area contributed by atoms with Crippen LogP contribution in [0.3, 0.4) is 0 Å². The van der Waals surface area contributed by atoms with Gasteiger partial charge in [-0.15, -0.1) is 0 Å². The Kier molecular flexibility index (Phi) is 13.0. The van der Waals surface area contributed by atoms with Crippen molar-refractivity contribution in [3.63, 3.8) is 0 Å². The Morgan fingerprint density at radius 3 is 1.94 bits per heavy atom. The van der Waals surface area contributed by atoms with Crippen molar-refractivity contribution in [2.45, 2.75) is 47.0 Å². The number of carboxylic acid groups (broad SMARTS) is 1. The van der Waals surface area contributed by atoms with E-state index in [-0.39, 0.29) is 0 Å². The summed E-state index contributed by atoms with van der Waals surface area (Å²) in [5.41, 5.74) is 0. The minimum Gasteiger partial charge on any atom is -0.481 e. The first-order chi connectivity index (χ1) is 7.40. The van der Waals surface area contributed by atoms with Crippen molar-refractivity contribution >= 4 is 12.4 Å². The van der Waals surface area contributed by atoms with Gasteiger partial charge in [0, 0.05) is 6.42 Å². The third-order valence-electron chi connectivity index (χ3n) is 1.82. The van der Waals surface area contributed by atoms with Crippen LogP contribution in [0, 0.1) is 11.8 Å². The molecule has 0 aliphatic rings. The van der Waals surface area contributed by atoms with Crippen molar-refractivity contribution in [3.05, 3.63) is 0 Å². The summed E-state index contributed by atoms with van der Waals surface area (Å²) < 4.78 is 4.46. The molecule has 1 N–H and O–H groups in total. The fourth-order valence-corrected chi connectivity index (χ4v) is 0.764. The standard InChI is InChI=1S/2C6H12O2/c1-6(2)3-4-8-5-7;1-5(2)3-4-6(7)8/h5-6H,3-4H2,1-2H3;5H,3-4H2,1-2H3,(H,7,8). The Bertz CT molecular complexity index is 176. The number of carbonyl (C=O) groups is 2. The van der Waals surface area contributed by atoms with Crippen LogP contribution in [0.15, 0.2) is 0 Å². The fourth-order valence-electron chi connectivity index (χ4n) is 0.764. The normalized spacial score (nSPS) is 9.62. The van der Waals surface area contributed by atoms with Crippen LogP contribution < -0.4 is 0 Å². The van der Waals surface area contributed by atoms with Gasteiger partial charge in [-0.2, -0.15) is 0 Å². The highest BCUT2D eigenvalue weighted by atomic mass is 16.5. The molecule has 0 saturated heterocycles. The van der Waals surface area contributed by atoms with Crippen molar-refractivity contribution in [2.24, 2.45) is 11.8 Å². The second-order valence-electron chi connectivity index (χ2n) is 4.48. The van der Waals surface area contributed by atoms with Crippen LogP contribution in [0.2, 0.25) is 0 Å². The van der Waals surface area contributed by atoms with Crippen LogP contribution >= 0.6 is 0 Å². The van der Waals surface area contributed by atoms with Crippen LogP contribution in [-0.4, -0.2) is 24.2 Å². The number of hydrogen-bond acceptors (Lipinski definition) is 3. The molecule has 0 aliphatic carbocycles. The molecule has 4 heteroatoms. The van der Waals surface area contributed by atoms with E-state index in [2.05, 4.69) is 18.6 Å². The Hall–Kier alpha value is -1.06. The zero-order valence-electron chi connectivity index (χ0n) is 10.7. The van der Waals surface area contributed by atoms with E-state index in [9.17, 15) is 9.59 Å². The first-order valence-electron chi connectivity index (χ1n) is 5.67. The lowest BCUT2D eigenvalue weighted by Crippen LogP contribution is -1.97. The molecular weight excluding hydrogens is 208 g/mol. The van der Waals surface area contributed by atoms with E-state index in [1.165, 1.54) is 0 Å². The van der Waals surface area contributed by atoms with Gasteiger partial charge in [0.05, 0.1) is 6.61 Å². The summed E-state index contributed by atoms with van der Waals surface area (Å²) in [5.74, 6) is 0.430. The molecule has 96 valence electrons. The summed E-state index contributed by atoms with van der Waals surface area (Å²) in [5, 5.41) is 8.16. The Balaban J connectivity index is 0. The van der Waals surface area contributed by atoms with Crippen LogP contribution in [-0.2, 0) is 14.3 Å². The largest absolute Gasteiger partial charge is 0.481 e. The molecule has 0 unspecified atom stereocenters. The Labute approximate surface area is 98.0 Å². The van der Waals surface area contributed by atoms with Crippen LogP contribution in [0.25, 0.3) is 0 Å². The number of aliphatic carboxylic acids is 1. The Morgan fingerprint density at radius 2 is 1.69 bits per heavy atom. The van der Waals surface area contributed by atoms with E-state index in [1.807, 2.05) is 13.8 Å². The minimum absolute atomic E-state index is 0.303. The highest BCUT2D eigenvalue weighted by Gasteiger charge is 1.97.